The van der Waals surface area contributed by atoms with Gasteiger partial charge >= 0.3 is 5.97 Å². The zero-order valence-corrected chi connectivity index (χ0v) is 23.2. The maximum absolute atomic E-state index is 13.4. The molecule has 13 nitrogen and oxygen atoms in total. The molecule has 3 amide bonds. The Morgan fingerprint density at radius 1 is 1.00 bits per heavy atom. The molecule has 218 valence electrons. The number of hydrogen-bond acceptors (Lipinski definition) is 8. The first-order valence-corrected chi connectivity index (χ1v) is 13.0. The molecule has 2 rings (SSSR count). The minimum Gasteiger partial charge on any atom is -0.467 e. The smallest absolute Gasteiger partial charge is 0.328 e. The standard InChI is InChI=1S/C26H34ClN5O8/c1-16(2)22(26(36)40-3)30-24(34)19(15-17-9-5-4-6-10-17)29-23(33)18(11-7-8-14-31(37)38)28-25(35)20-12-13-21(27)32(20)39/h4-6,9-10,12-13,16,18-19,22,39H,7-8,11,14-15H2,1-3H3,(H,28,35)(H,29,33)(H,30,34)/t18-,19-,22-/m0/s1. The van der Waals surface area contributed by atoms with Gasteiger partial charge in [0.1, 0.15) is 29.0 Å². The van der Waals surface area contributed by atoms with Gasteiger partial charge in [-0.25, -0.2) is 4.79 Å². The molecule has 3 atom stereocenters. The molecule has 1 heterocycles. The molecule has 0 aliphatic rings. The number of halogens is 1. The van der Waals surface area contributed by atoms with Gasteiger partial charge in [0.15, 0.2) is 0 Å². The molecular weight excluding hydrogens is 546 g/mol. The molecule has 0 bridgehead atoms. The van der Waals surface area contributed by atoms with Crippen LogP contribution in [-0.4, -0.2) is 70.3 Å². The summed E-state index contributed by atoms with van der Waals surface area (Å²) >= 11 is 5.79. The van der Waals surface area contributed by atoms with Crippen molar-refractivity contribution >= 4 is 35.3 Å². The number of nitrogens with zero attached hydrogens (tertiary/aromatic N) is 2. The van der Waals surface area contributed by atoms with Crippen LogP contribution in [0.15, 0.2) is 42.5 Å². The number of nitrogens with one attached hydrogen (secondary N) is 3. The Kier molecular flexibility index (Phi) is 12.4. The summed E-state index contributed by atoms with van der Waals surface area (Å²) < 4.78 is 5.24. The summed E-state index contributed by atoms with van der Waals surface area (Å²) in [5.74, 6) is -3.14. The monoisotopic (exact) mass is 579 g/mol. The predicted molar refractivity (Wildman–Crippen MR) is 144 cm³/mol. The highest BCUT2D eigenvalue weighted by Gasteiger charge is 2.32. The second-order valence-corrected chi connectivity index (χ2v) is 9.82. The Morgan fingerprint density at radius 3 is 2.20 bits per heavy atom. The SMILES string of the molecule is COC(=O)[C@@H](NC(=O)[C@H](Cc1ccccc1)NC(=O)[C@H](CCCC[N+](=O)[O-])NC(=O)c1ccc(Cl)n1O)C(C)C. The Hall–Kier alpha value is -4.13. The first-order valence-electron chi connectivity index (χ1n) is 12.7. The number of unbranched alkanes of at least 4 members (excludes halogenated alkanes) is 1. The lowest BCUT2D eigenvalue weighted by Crippen LogP contribution is -2.57. The van der Waals surface area contributed by atoms with Gasteiger partial charge in [0.2, 0.25) is 18.4 Å². The minimum atomic E-state index is -1.21. The van der Waals surface area contributed by atoms with Crippen LogP contribution in [0.4, 0.5) is 0 Å². The number of benzene rings is 1. The van der Waals surface area contributed by atoms with Crippen LogP contribution in [0, 0.1) is 16.0 Å². The molecule has 0 aliphatic carbocycles. The van der Waals surface area contributed by atoms with Crippen LogP contribution in [0.2, 0.25) is 5.15 Å². The van der Waals surface area contributed by atoms with Crippen molar-refractivity contribution in [3.8, 4) is 0 Å². The summed E-state index contributed by atoms with van der Waals surface area (Å²) in [6.45, 7) is 3.14. The van der Waals surface area contributed by atoms with Crippen molar-refractivity contribution in [1.82, 2.24) is 20.7 Å². The van der Waals surface area contributed by atoms with Gasteiger partial charge in [0, 0.05) is 17.8 Å². The molecule has 0 radical (unpaired) electrons. The molecule has 14 heteroatoms. The van der Waals surface area contributed by atoms with Gasteiger partial charge in [-0.05, 0) is 36.5 Å². The number of carbonyl (C=O) groups is 4. The van der Waals surface area contributed by atoms with E-state index in [1.54, 1.807) is 44.2 Å². The number of rotatable bonds is 15. The van der Waals surface area contributed by atoms with Gasteiger partial charge in [0.25, 0.3) is 5.91 Å². The summed E-state index contributed by atoms with van der Waals surface area (Å²) in [7, 11) is 1.20. The van der Waals surface area contributed by atoms with Crippen LogP contribution in [0.5, 0.6) is 0 Å². The van der Waals surface area contributed by atoms with Gasteiger partial charge < -0.3 is 25.9 Å². The number of nitro groups is 1. The number of hydrogen-bond donors (Lipinski definition) is 4. The van der Waals surface area contributed by atoms with Crippen LogP contribution >= 0.6 is 11.6 Å². The minimum absolute atomic E-state index is 0.0156. The number of methoxy groups -OCH3 is 1. The molecule has 4 N–H and O–H groups in total. The lowest BCUT2D eigenvalue weighted by Gasteiger charge is -2.26. The Balaban J connectivity index is 2.28. The van der Waals surface area contributed by atoms with E-state index in [-0.39, 0.29) is 49.0 Å². The molecule has 0 spiro atoms. The Labute approximate surface area is 236 Å². The van der Waals surface area contributed by atoms with E-state index in [9.17, 15) is 34.5 Å². The highest BCUT2D eigenvalue weighted by Crippen LogP contribution is 2.14. The quantitative estimate of drug-likeness (QED) is 0.0811. The van der Waals surface area contributed by atoms with E-state index in [0.717, 1.165) is 5.56 Å². The van der Waals surface area contributed by atoms with Crippen molar-refractivity contribution in [3.63, 3.8) is 0 Å². The van der Waals surface area contributed by atoms with E-state index in [1.807, 2.05) is 0 Å². The summed E-state index contributed by atoms with van der Waals surface area (Å²) in [6, 6.07) is 8.09. The number of amides is 3. The van der Waals surface area contributed by atoms with Crippen molar-refractivity contribution in [3.05, 3.63) is 69.0 Å². The van der Waals surface area contributed by atoms with Gasteiger partial charge in [-0.1, -0.05) is 55.8 Å². The first kappa shape index (κ1) is 32.1. The zero-order chi connectivity index (χ0) is 29.8. The lowest BCUT2D eigenvalue weighted by atomic mass is 10.0. The lowest BCUT2D eigenvalue weighted by molar-refractivity contribution is -0.480. The molecule has 0 saturated carbocycles. The van der Waals surface area contributed by atoms with Crippen LogP contribution in [0.1, 0.15) is 49.2 Å². The topological polar surface area (TPSA) is 182 Å². The fourth-order valence-corrected chi connectivity index (χ4v) is 4.03. The van der Waals surface area contributed by atoms with Crippen molar-refractivity contribution in [1.29, 1.82) is 0 Å². The van der Waals surface area contributed by atoms with Crippen LogP contribution in [0.25, 0.3) is 0 Å². The third-order valence-corrected chi connectivity index (χ3v) is 6.37. The highest BCUT2D eigenvalue weighted by molar-refractivity contribution is 6.30. The van der Waals surface area contributed by atoms with Crippen molar-refractivity contribution in [2.45, 2.75) is 57.7 Å². The average Bonchev–Trinajstić information content (AvgIpc) is 3.25. The summed E-state index contributed by atoms with van der Waals surface area (Å²) in [6.07, 6.45) is 0.453. The van der Waals surface area contributed by atoms with E-state index in [1.165, 1.54) is 19.2 Å². The van der Waals surface area contributed by atoms with E-state index in [4.69, 9.17) is 16.3 Å². The van der Waals surface area contributed by atoms with E-state index < -0.39 is 46.7 Å². The first-order chi connectivity index (χ1) is 18.9. The number of aromatic nitrogens is 1. The molecular formula is C26H34ClN5O8. The summed E-state index contributed by atoms with van der Waals surface area (Å²) in [5, 5.41) is 28.3. The van der Waals surface area contributed by atoms with Gasteiger partial charge in [0.05, 0.1) is 7.11 Å². The number of ether oxygens (including phenoxy) is 1. The average molecular weight is 580 g/mol. The van der Waals surface area contributed by atoms with E-state index in [0.29, 0.717) is 4.73 Å². The van der Waals surface area contributed by atoms with Gasteiger partial charge in [-0.3, -0.25) is 24.5 Å². The third-order valence-electron chi connectivity index (χ3n) is 6.08. The molecule has 40 heavy (non-hydrogen) atoms. The van der Waals surface area contributed by atoms with Crippen molar-refractivity contribution in [2.75, 3.05) is 13.7 Å². The zero-order valence-electron chi connectivity index (χ0n) is 22.5. The normalized spacial score (nSPS) is 13.1. The predicted octanol–water partition coefficient (Wildman–Crippen LogP) is 1.97. The fraction of sp³-hybridized carbons (Fsp3) is 0.462. The van der Waals surface area contributed by atoms with E-state index in [2.05, 4.69) is 16.0 Å². The Morgan fingerprint density at radius 2 is 1.65 bits per heavy atom. The van der Waals surface area contributed by atoms with Gasteiger partial charge in [-0.15, -0.1) is 0 Å². The Bertz CT molecular complexity index is 1190. The third kappa shape index (κ3) is 9.56. The molecule has 2 aromatic rings. The maximum Gasteiger partial charge on any atom is 0.328 e. The highest BCUT2D eigenvalue weighted by atomic mass is 35.5. The van der Waals surface area contributed by atoms with Crippen molar-refractivity contribution < 1.29 is 34.0 Å². The molecule has 0 aliphatic heterocycles. The van der Waals surface area contributed by atoms with Crippen LogP contribution in [-0.2, 0) is 25.5 Å². The molecule has 1 aromatic heterocycles. The van der Waals surface area contributed by atoms with Crippen molar-refractivity contribution in [2.24, 2.45) is 5.92 Å². The maximum atomic E-state index is 13.4. The molecule has 0 fully saturated rings. The largest absolute Gasteiger partial charge is 0.467 e. The number of carbonyl (C=O) groups excluding carboxylic acids is 4. The second-order valence-electron chi connectivity index (χ2n) is 9.44. The van der Waals surface area contributed by atoms with Gasteiger partial charge in [-0.2, -0.15) is 4.73 Å². The summed E-state index contributed by atoms with van der Waals surface area (Å²) in [5.41, 5.74) is 0.492. The van der Waals surface area contributed by atoms with Crippen LogP contribution in [0.3, 0.4) is 0 Å². The van der Waals surface area contributed by atoms with Crippen LogP contribution < -0.4 is 16.0 Å². The second kappa shape index (κ2) is 15.5. The fourth-order valence-electron chi connectivity index (χ4n) is 3.88. The molecule has 1 aromatic carbocycles. The number of esters is 1. The summed E-state index contributed by atoms with van der Waals surface area (Å²) in [4.78, 5) is 62.0. The molecule has 0 saturated heterocycles. The van der Waals surface area contributed by atoms with E-state index >= 15 is 0 Å². The molecule has 0 unspecified atom stereocenters.